The number of para-hydroxylation sites is 1. The van der Waals surface area contributed by atoms with Crippen molar-refractivity contribution in [2.75, 3.05) is 11.9 Å². The van der Waals surface area contributed by atoms with E-state index in [1.807, 2.05) is 24.5 Å². The number of pyridine rings is 2. The molecule has 0 fully saturated rings. The Kier molecular flexibility index (Phi) is 7.58. The molecule has 0 saturated carbocycles. The Balaban J connectivity index is 0.00000240. The number of hydrogen-bond acceptors (Lipinski definition) is 4. The molecule has 0 saturated heterocycles. The minimum atomic E-state index is 0. The molecule has 29 heavy (non-hydrogen) atoms. The first kappa shape index (κ1) is 21.2. The number of hydrogen-bond donors (Lipinski definition) is 2. The number of rotatable bonds is 7. The summed E-state index contributed by atoms with van der Waals surface area (Å²) in [5, 5.41) is 16.6. The van der Waals surface area contributed by atoms with Crippen LogP contribution in [0.25, 0.3) is 10.9 Å². The van der Waals surface area contributed by atoms with E-state index in [9.17, 15) is 0 Å². The van der Waals surface area contributed by atoms with Gasteiger partial charge in [-0.25, -0.2) is 4.57 Å². The van der Waals surface area contributed by atoms with Crippen LogP contribution in [0.15, 0.2) is 53.9 Å². The molecule has 2 aromatic heterocycles. The molecule has 0 spiro atoms. The van der Waals surface area contributed by atoms with Crippen LogP contribution in [0.3, 0.4) is 0 Å². The van der Waals surface area contributed by atoms with Crippen molar-refractivity contribution in [1.29, 1.82) is 0 Å². The van der Waals surface area contributed by atoms with Crippen molar-refractivity contribution >= 4 is 22.8 Å². The summed E-state index contributed by atoms with van der Waals surface area (Å²) < 4.78 is 2.17. The van der Waals surface area contributed by atoms with Crippen LogP contribution in [0.1, 0.15) is 42.5 Å². The van der Waals surface area contributed by atoms with E-state index in [0.29, 0.717) is 0 Å². The second kappa shape index (κ2) is 10.3. The summed E-state index contributed by atoms with van der Waals surface area (Å²) in [6.07, 6.45) is 12.4. The molecule has 4 rings (SSSR count). The number of aryl methyl sites for hydroxylation is 2. The summed E-state index contributed by atoms with van der Waals surface area (Å²) in [5.41, 5.74) is 6.03. The zero-order valence-corrected chi connectivity index (χ0v) is 18.1. The maximum Gasteiger partial charge on any atom is 0.169 e. The molecule has 0 radical (unpaired) electrons. The molecule has 0 bridgehead atoms. The Morgan fingerprint density at radius 2 is 1.86 bits per heavy atom. The number of oxime groups is 1. The number of fused-ring (bicyclic) bond motifs is 2. The van der Waals surface area contributed by atoms with Crippen molar-refractivity contribution in [2.24, 2.45) is 5.16 Å². The van der Waals surface area contributed by atoms with Crippen LogP contribution in [0.5, 0.6) is 0 Å². The third-order valence-corrected chi connectivity index (χ3v) is 5.44. The predicted molar refractivity (Wildman–Crippen MR) is 112 cm³/mol. The molecule has 0 aliphatic heterocycles. The molecule has 2 N–H and O–H groups in total. The highest BCUT2D eigenvalue weighted by Crippen LogP contribution is 2.33. The zero-order chi connectivity index (χ0) is 19.2. The molecule has 6 heteroatoms. The van der Waals surface area contributed by atoms with Crippen molar-refractivity contribution in [1.82, 2.24) is 4.98 Å². The molecule has 1 aliphatic rings. The summed E-state index contributed by atoms with van der Waals surface area (Å²) in [6, 6.07) is 12.4. The van der Waals surface area contributed by atoms with Crippen LogP contribution >= 0.6 is 0 Å². The third kappa shape index (κ3) is 5.12. The van der Waals surface area contributed by atoms with E-state index in [-0.39, 0.29) is 17.0 Å². The number of halogens is 1. The molecule has 0 unspecified atom stereocenters. The summed E-state index contributed by atoms with van der Waals surface area (Å²) in [4.78, 5) is 4.91. The van der Waals surface area contributed by atoms with Gasteiger partial charge in [0.05, 0.1) is 11.7 Å². The van der Waals surface area contributed by atoms with Crippen molar-refractivity contribution < 1.29 is 26.8 Å². The van der Waals surface area contributed by atoms with Gasteiger partial charge in [0.1, 0.15) is 6.54 Å². The second-order valence-corrected chi connectivity index (χ2v) is 7.38. The zero-order valence-electron chi connectivity index (χ0n) is 16.5. The minimum absolute atomic E-state index is 0. The highest BCUT2D eigenvalue weighted by atomic mass is 79.9. The summed E-state index contributed by atoms with van der Waals surface area (Å²) >= 11 is 0. The third-order valence-electron chi connectivity index (χ3n) is 5.44. The van der Waals surface area contributed by atoms with E-state index in [1.165, 1.54) is 41.4 Å². The van der Waals surface area contributed by atoms with Gasteiger partial charge in [-0.3, -0.25) is 4.98 Å². The van der Waals surface area contributed by atoms with Crippen LogP contribution in [0.4, 0.5) is 5.69 Å². The Morgan fingerprint density at radius 3 is 2.69 bits per heavy atom. The summed E-state index contributed by atoms with van der Waals surface area (Å²) in [7, 11) is 0. The van der Waals surface area contributed by atoms with E-state index in [2.05, 4.69) is 39.3 Å². The van der Waals surface area contributed by atoms with Gasteiger partial charge in [-0.15, -0.1) is 0 Å². The lowest BCUT2D eigenvalue weighted by atomic mass is 9.92. The van der Waals surface area contributed by atoms with Gasteiger partial charge in [0, 0.05) is 47.4 Å². The minimum Gasteiger partial charge on any atom is -1.00 e. The molecule has 3 aromatic rings. The van der Waals surface area contributed by atoms with Crippen LogP contribution < -0.4 is 26.9 Å². The lowest BCUT2D eigenvalue weighted by Crippen LogP contribution is -3.00. The van der Waals surface area contributed by atoms with Gasteiger partial charge in [-0.05, 0) is 43.7 Å². The normalized spacial score (nSPS) is 13.2. The van der Waals surface area contributed by atoms with Gasteiger partial charge < -0.3 is 27.5 Å². The predicted octanol–water partition coefficient (Wildman–Crippen LogP) is 1.11. The standard InChI is InChI=1S/C23H26N4O.BrH/c28-25-17-18-11-15-27(16-12-18)14-6-5-13-24-23-19-7-1-3-9-21(19)26-22-10-4-2-8-20(22)23;/h1,3,7,9,11-12,15-17H,2,4-6,8,10,13-14H2,(H,24,26);1H. The van der Waals surface area contributed by atoms with Crippen LogP contribution in [-0.2, 0) is 19.4 Å². The van der Waals surface area contributed by atoms with E-state index in [0.717, 1.165) is 49.9 Å². The average molecular weight is 455 g/mol. The second-order valence-electron chi connectivity index (χ2n) is 7.38. The van der Waals surface area contributed by atoms with Gasteiger partial charge in [-0.2, -0.15) is 0 Å². The van der Waals surface area contributed by atoms with Gasteiger partial charge in [0.25, 0.3) is 0 Å². The molecule has 5 nitrogen and oxygen atoms in total. The fraction of sp³-hybridized carbons (Fsp3) is 0.348. The molecule has 0 atom stereocenters. The number of benzene rings is 1. The largest absolute Gasteiger partial charge is 1.00 e. The maximum atomic E-state index is 8.58. The Bertz CT molecular complexity index is 973. The van der Waals surface area contributed by atoms with E-state index < -0.39 is 0 Å². The number of nitrogens with zero attached hydrogens (tertiary/aromatic N) is 3. The number of aromatic nitrogens is 2. The first-order valence-electron chi connectivity index (χ1n) is 10.2. The SMILES string of the molecule is O/N=C/c1cc[n+](CCCCNc2c3c(nc4ccccc24)CCCC3)cc1.[Br-]. The Morgan fingerprint density at radius 1 is 1.07 bits per heavy atom. The van der Waals surface area contributed by atoms with Crippen LogP contribution in [0, 0.1) is 0 Å². The lowest BCUT2D eigenvalue weighted by molar-refractivity contribution is -0.697. The topological polar surface area (TPSA) is 61.4 Å². The van der Waals surface area contributed by atoms with Gasteiger partial charge in [0.15, 0.2) is 12.4 Å². The van der Waals surface area contributed by atoms with Crippen molar-refractivity contribution in [3.8, 4) is 0 Å². The van der Waals surface area contributed by atoms with E-state index in [1.54, 1.807) is 0 Å². The van der Waals surface area contributed by atoms with Gasteiger partial charge >= 0.3 is 0 Å². The fourth-order valence-corrected chi connectivity index (χ4v) is 3.98. The molecule has 152 valence electrons. The Hall–Kier alpha value is -2.47. The monoisotopic (exact) mass is 454 g/mol. The summed E-state index contributed by atoms with van der Waals surface area (Å²) in [5.74, 6) is 0. The number of unbranched alkanes of at least 4 members (excludes halogenated alkanes) is 1. The van der Waals surface area contributed by atoms with Crippen molar-refractivity contribution in [2.45, 2.75) is 45.1 Å². The molecular formula is C23H27BrN4O. The average Bonchev–Trinajstić information content (AvgIpc) is 2.74. The summed E-state index contributed by atoms with van der Waals surface area (Å²) in [6.45, 7) is 1.95. The highest BCUT2D eigenvalue weighted by molar-refractivity contribution is 5.93. The molecule has 1 aliphatic carbocycles. The molecule has 2 heterocycles. The fourth-order valence-electron chi connectivity index (χ4n) is 3.98. The van der Waals surface area contributed by atoms with Crippen LogP contribution in [0.2, 0.25) is 0 Å². The van der Waals surface area contributed by atoms with Crippen molar-refractivity contribution in [3.63, 3.8) is 0 Å². The van der Waals surface area contributed by atoms with Crippen molar-refractivity contribution in [3.05, 3.63) is 65.6 Å². The molecule has 1 aromatic carbocycles. The van der Waals surface area contributed by atoms with E-state index in [4.69, 9.17) is 10.2 Å². The Labute approximate surface area is 182 Å². The van der Waals surface area contributed by atoms with Crippen LogP contribution in [-0.4, -0.2) is 23.0 Å². The van der Waals surface area contributed by atoms with Gasteiger partial charge in [-0.1, -0.05) is 23.4 Å². The first-order chi connectivity index (χ1) is 13.8. The number of nitrogens with one attached hydrogen (secondary N) is 1. The smallest absolute Gasteiger partial charge is 0.169 e. The first-order valence-corrected chi connectivity index (χ1v) is 10.2. The quantitative estimate of drug-likeness (QED) is 0.185. The maximum absolute atomic E-state index is 8.58. The van der Waals surface area contributed by atoms with E-state index >= 15 is 0 Å². The highest BCUT2D eigenvalue weighted by Gasteiger charge is 2.17. The van der Waals surface area contributed by atoms with Gasteiger partial charge in [0.2, 0.25) is 0 Å². The number of anilines is 1. The molecule has 0 amide bonds. The lowest BCUT2D eigenvalue weighted by Gasteiger charge is -2.21. The molecular weight excluding hydrogens is 428 g/mol.